The van der Waals surface area contributed by atoms with Crippen LogP contribution in [0.25, 0.3) is 0 Å². The van der Waals surface area contributed by atoms with Gasteiger partial charge in [-0.15, -0.1) is 0 Å². The lowest BCUT2D eigenvalue weighted by molar-refractivity contribution is 0.00811. The number of esters is 1. The molecule has 2 atom stereocenters. The van der Waals surface area contributed by atoms with Crippen LogP contribution in [0.3, 0.4) is 0 Å². The summed E-state index contributed by atoms with van der Waals surface area (Å²) >= 11 is 0. The number of hydrogen-bond acceptors (Lipinski definition) is 10. The summed E-state index contributed by atoms with van der Waals surface area (Å²) in [6.07, 6.45) is -0.00202. The Labute approximate surface area is 217 Å². The Morgan fingerprint density at radius 1 is 0.892 bits per heavy atom. The molecule has 1 unspecified atom stereocenters. The van der Waals surface area contributed by atoms with Crippen molar-refractivity contribution in [3.8, 4) is 34.5 Å². The molecular formula is C27H36N2O8. The van der Waals surface area contributed by atoms with E-state index in [1.807, 2.05) is 33.9 Å². The third-order valence-electron chi connectivity index (χ3n) is 6.77. The van der Waals surface area contributed by atoms with Crippen LogP contribution in [0, 0.1) is 0 Å². The first-order valence-electron chi connectivity index (χ1n) is 12.5. The van der Waals surface area contributed by atoms with Crippen molar-refractivity contribution in [2.24, 2.45) is 0 Å². The van der Waals surface area contributed by atoms with Gasteiger partial charge in [0.1, 0.15) is 0 Å². The van der Waals surface area contributed by atoms with Crippen LogP contribution in [0.5, 0.6) is 34.5 Å². The van der Waals surface area contributed by atoms with Gasteiger partial charge >= 0.3 is 5.97 Å². The highest BCUT2D eigenvalue weighted by molar-refractivity contribution is 6.03. The predicted octanol–water partition coefficient (Wildman–Crippen LogP) is 3.93. The largest absolute Gasteiger partial charge is 0.493 e. The zero-order valence-corrected chi connectivity index (χ0v) is 22.6. The van der Waals surface area contributed by atoms with Gasteiger partial charge in [0.15, 0.2) is 29.1 Å². The minimum absolute atomic E-state index is 0.175. The molecule has 0 amide bonds. The molecule has 2 aromatic rings. The average Bonchev–Trinajstić information content (AvgIpc) is 3.23. The van der Waals surface area contributed by atoms with Gasteiger partial charge in [-0.3, -0.25) is 4.90 Å². The zero-order valence-electron chi connectivity index (χ0n) is 22.6. The first kappa shape index (κ1) is 26.5. The van der Waals surface area contributed by atoms with Crippen molar-refractivity contribution >= 4 is 11.7 Å². The van der Waals surface area contributed by atoms with Crippen LogP contribution in [0.2, 0.25) is 0 Å². The first-order valence-corrected chi connectivity index (χ1v) is 12.5. The van der Waals surface area contributed by atoms with Crippen molar-refractivity contribution < 1.29 is 38.0 Å². The Bertz CT molecular complexity index is 1180. The number of nitrogens with two attached hydrogens (primary N) is 1. The van der Waals surface area contributed by atoms with Crippen molar-refractivity contribution in [1.82, 2.24) is 4.90 Å². The molecule has 0 aliphatic carbocycles. The fourth-order valence-corrected chi connectivity index (χ4v) is 5.32. The van der Waals surface area contributed by atoms with E-state index in [2.05, 4.69) is 4.90 Å². The van der Waals surface area contributed by atoms with Crippen molar-refractivity contribution in [1.29, 1.82) is 0 Å². The predicted molar refractivity (Wildman–Crippen MR) is 138 cm³/mol. The Balaban J connectivity index is 2.02. The van der Waals surface area contributed by atoms with E-state index >= 15 is 0 Å². The summed E-state index contributed by atoms with van der Waals surface area (Å²) in [6, 6.07) is 1.53. The fourth-order valence-electron chi connectivity index (χ4n) is 5.32. The van der Waals surface area contributed by atoms with Gasteiger partial charge in [0.05, 0.1) is 64.0 Å². The molecule has 2 aromatic carbocycles. The van der Waals surface area contributed by atoms with Gasteiger partial charge in [0.25, 0.3) is 0 Å². The molecule has 2 heterocycles. The molecule has 0 aromatic heterocycles. The maximum Gasteiger partial charge on any atom is 0.341 e. The molecule has 2 aliphatic rings. The van der Waals surface area contributed by atoms with Crippen LogP contribution in [0.1, 0.15) is 60.0 Å². The third-order valence-corrected chi connectivity index (χ3v) is 6.77. The van der Waals surface area contributed by atoms with Gasteiger partial charge in [-0.2, -0.15) is 0 Å². The van der Waals surface area contributed by atoms with Gasteiger partial charge in [0, 0.05) is 12.1 Å². The summed E-state index contributed by atoms with van der Waals surface area (Å²) < 4.78 is 41.2. The number of ether oxygens (including phenoxy) is 7. The number of likely N-dealkylation sites (N-methyl/N-ethyl adjacent to an activating group) is 1. The van der Waals surface area contributed by atoms with E-state index in [0.29, 0.717) is 60.7 Å². The van der Waals surface area contributed by atoms with Crippen LogP contribution in [0.15, 0.2) is 6.07 Å². The summed E-state index contributed by atoms with van der Waals surface area (Å²) in [5.74, 6) is 2.08. The highest BCUT2D eigenvalue weighted by Crippen LogP contribution is 2.58. The lowest BCUT2D eigenvalue weighted by Crippen LogP contribution is -2.36. The van der Waals surface area contributed by atoms with Crippen molar-refractivity contribution in [2.75, 3.05) is 60.5 Å². The highest BCUT2D eigenvalue weighted by Gasteiger charge is 2.48. The number of carbonyl (C=O) groups excluding carboxylic acids is 1. The minimum Gasteiger partial charge on any atom is -0.493 e. The molecule has 10 heteroatoms. The molecule has 0 radical (unpaired) electrons. The van der Waals surface area contributed by atoms with Crippen LogP contribution in [-0.2, 0) is 11.2 Å². The number of nitrogens with zero attached hydrogens (tertiary/aromatic N) is 1. The second-order valence-corrected chi connectivity index (χ2v) is 8.71. The molecule has 2 aliphatic heterocycles. The monoisotopic (exact) mass is 516 g/mol. The fraction of sp³-hybridized carbons (Fsp3) is 0.519. The first-order chi connectivity index (χ1) is 17.9. The van der Waals surface area contributed by atoms with E-state index in [9.17, 15) is 4.79 Å². The molecule has 0 saturated heterocycles. The van der Waals surface area contributed by atoms with Crippen molar-refractivity contribution in [2.45, 2.75) is 39.3 Å². The topological polar surface area (TPSA) is 111 Å². The molecule has 0 saturated carbocycles. The number of rotatable bonds is 10. The number of hydrogen-bond donors (Lipinski definition) is 1. The molecule has 10 nitrogen and oxygen atoms in total. The second-order valence-electron chi connectivity index (χ2n) is 8.71. The normalized spacial score (nSPS) is 18.5. The van der Waals surface area contributed by atoms with Gasteiger partial charge in [0.2, 0.25) is 11.5 Å². The van der Waals surface area contributed by atoms with Gasteiger partial charge < -0.3 is 38.9 Å². The summed E-state index contributed by atoms with van der Waals surface area (Å²) in [5, 5.41) is 0. The van der Waals surface area contributed by atoms with E-state index in [4.69, 9.17) is 38.9 Å². The highest BCUT2D eigenvalue weighted by atomic mass is 16.6. The molecule has 202 valence electrons. The number of cyclic esters (lactones) is 1. The quantitative estimate of drug-likeness (QED) is 0.368. The molecule has 0 bridgehead atoms. The summed E-state index contributed by atoms with van der Waals surface area (Å²) in [6.45, 7) is 7.32. The Morgan fingerprint density at radius 3 is 2.11 bits per heavy atom. The van der Waals surface area contributed by atoms with Crippen molar-refractivity contribution in [3.63, 3.8) is 0 Å². The molecule has 0 fully saturated rings. The second kappa shape index (κ2) is 10.8. The standard InChI is InChI=1S/C27H36N2O8/c1-8-34-24-18-17(19(28)25(35-9-2)26(24)36-10-3)27(30)37-22(18)20-16-14(11-12-29(20)4)13-15(31-5)21(32-6)23(16)33-7/h13,20,22H,8-12,28H2,1-7H3/t20-,22?/m1/s1. The summed E-state index contributed by atoms with van der Waals surface area (Å²) in [5.41, 5.74) is 9.35. The van der Waals surface area contributed by atoms with Crippen LogP contribution in [-0.4, -0.2) is 65.6 Å². The lowest BCUT2D eigenvalue weighted by atomic mass is 9.84. The number of benzene rings is 2. The van der Waals surface area contributed by atoms with E-state index in [1.54, 1.807) is 21.3 Å². The maximum atomic E-state index is 13.4. The number of carbonyl (C=O) groups is 1. The molecule has 4 rings (SSSR count). The minimum atomic E-state index is -0.753. The molecule has 0 spiro atoms. The summed E-state index contributed by atoms with van der Waals surface area (Å²) in [4.78, 5) is 15.5. The maximum absolute atomic E-state index is 13.4. The smallest absolute Gasteiger partial charge is 0.341 e. The van der Waals surface area contributed by atoms with Gasteiger partial charge in [-0.1, -0.05) is 0 Å². The number of nitrogen functional groups attached to an aromatic ring is 1. The number of anilines is 1. The summed E-state index contributed by atoms with van der Waals surface area (Å²) in [7, 11) is 6.73. The zero-order chi connectivity index (χ0) is 26.9. The Hall–Kier alpha value is -3.53. The van der Waals surface area contributed by atoms with E-state index in [1.165, 1.54) is 0 Å². The average molecular weight is 517 g/mol. The van der Waals surface area contributed by atoms with Crippen LogP contribution < -0.4 is 34.2 Å². The molecule has 2 N–H and O–H groups in total. The molecule has 37 heavy (non-hydrogen) atoms. The van der Waals surface area contributed by atoms with Crippen molar-refractivity contribution in [3.05, 3.63) is 28.3 Å². The van der Waals surface area contributed by atoms with E-state index in [-0.39, 0.29) is 17.0 Å². The van der Waals surface area contributed by atoms with Crippen LogP contribution >= 0.6 is 0 Å². The van der Waals surface area contributed by atoms with Gasteiger partial charge in [-0.25, -0.2) is 4.79 Å². The van der Waals surface area contributed by atoms with E-state index < -0.39 is 18.1 Å². The Morgan fingerprint density at radius 2 is 1.51 bits per heavy atom. The van der Waals surface area contributed by atoms with Crippen LogP contribution in [0.4, 0.5) is 5.69 Å². The third kappa shape index (κ3) is 4.22. The SMILES string of the molecule is CCOc1c(N)c2c(c(OCC)c1OCC)C([C@H]1c3c(cc(OC)c(OC)c3OC)CCN1C)OC2=O. The van der Waals surface area contributed by atoms with Gasteiger partial charge in [-0.05, 0) is 45.9 Å². The lowest BCUT2D eigenvalue weighted by Gasteiger charge is -2.39. The Kier molecular flexibility index (Phi) is 7.77. The number of fused-ring (bicyclic) bond motifs is 2. The number of methoxy groups -OCH3 is 3. The molecular weight excluding hydrogens is 480 g/mol. The van der Waals surface area contributed by atoms with E-state index in [0.717, 1.165) is 17.5 Å².